The third kappa shape index (κ3) is 3.48. The molecule has 1 amide bonds. The molecule has 5 heteroatoms. The monoisotopic (exact) mass is 239 g/mol. The Labute approximate surface area is 100 Å². The molecule has 0 aromatic carbocycles. The van der Waals surface area contributed by atoms with Gasteiger partial charge in [-0.05, 0) is 18.1 Å². The number of nitrogens with two attached hydrogens (primary N) is 1. The van der Waals surface area contributed by atoms with Crippen LogP contribution in [0.2, 0.25) is 0 Å². The molecule has 0 aliphatic rings. The molecule has 0 bridgehead atoms. The van der Waals surface area contributed by atoms with Crippen molar-refractivity contribution in [2.24, 2.45) is 11.7 Å². The van der Waals surface area contributed by atoms with Gasteiger partial charge in [0.1, 0.15) is 10.7 Å². The summed E-state index contributed by atoms with van der Waals surface area (Å²) in [5.41, 5.74) is 6.37. The van der Waals surface area contributed by atoms with Crippen LogP contribution in [-0.4, -0.2) is 21.6 Å². The fraction of sp³-hybridized carbons (Fsp3) is 0.545. The first-order valence-corrected chi connectivity index (χ1v) is 6.31. The Kier molecular flexibility index (Phi) is 4.73. The van der Waals surface area contributed by atoms with E-state index in [1.807, 2.05) is 6.92 Å². The maximum atomic E-state index is 11.0. The van der Waals surface area contributed by atoms with Crippen molar-refractivity contribution in [1.82, 2.24) is 9.97 Å². The van der Waals surface area contributed by atoms with Gasteiger partial charge in [0, 0.05) is 0 Å². The molecule has 1 heterocycles. The van der Waals surface area contributed by atoms with Gasteiger partial charge in [-0.1, -0.05) is 20.8 Å². The van der Waals surface area contributed by atoms with E-state index >= 15 is 0 Å². The van der Waals surface area contributed by atoms with Crippen molar-refractivity contribution in [3.8, 4) is 0 Å². The Bertz CT molecular complexity index is 379. The van der Waals surface area contributed by atoms with Crippen LogP contribution in [0, 0.1) is 5.92 Å². The van der Waals surface area contributed by atoms with Crippen molar-refractivity contribution in [2.45, 2.75) is 32.2 Å². The highest BCUT2D eigenvalue weighted by Crippen LogP contribution is 2.21. The Morgan fingerprint density at radius 2 is 2.25 bits per heavy atom. The molecule has 16 heavy (non-hydrogen) atoms. The first-order chi connectivity index (χ1) is 7.54. The minimum absolute atomic E-state index is 0.239. The van der Waals surface area contributed by atoms with E-state index in [2.05, 4.69) is 23.8 Å². The van der Waals surface area contributed by atoms with Gasteiger partial charge in [-0.25, -0.2) is 4.98 Å². The summed E-state index contributed by atoms with van der Waals surface area (Å²) in [5, 5.41) is 0.826. The van der Waals surface area contributed by atoms with Crippen LogP contribution in [0.4, 0.5) is 0 Å². The van der Waals surface area contributed by atoms with Gasteiger partial charge in [0.05, 0.1) is 11.9 Å². The zero-order valence-electron chi connectivity index (χ0n) is 9.86. The van der Waals surface area contributed by atoms with Crippen molar-refractivity contribution in [3.63, 3.8) is 0 Å². The third-order valence-electron chi connectivity index (χ3n) is 1.95. The zero-order chi connectivity index (χ0) is 12.1. The molecule has 1 aromatic heterocycles. The zero-order valence-corrected chi connectivity index (χ0v) is 10.7. The van der Waals surface area contributed by atoms with E-state index in [1.165, 1.54) is 6.20 Å². The van der Waals surface area contributed by atoms with Gasteiger partial charge in [0.15, 0.2) is 0 Å². The van der Waals surface area contributed by atoms with Crippen LogP contribution in [0.1, 0.15) is 37.0 Å². The van der Waals surface area contributed by atoms with Crippen LogP contribution in [0.5, 0.6) is 0 Å². The second kappa shape index (κ2) is 5.84. The topological polar surface area (TPSA) is 68.9 Å². The van der Waals surface area contributed by atoms with Crippen molar-refractivity contribution in [2.75, 3.05) is 5.75 Å². The van der Waals surface area contributed by atoms with Gasteiger partial charge in [-0.3, -0.25) is 9.78 Å². The summed E-state index contributed by atoms with van der Waals surface area (Å²) in [4.78, 5) is 19.5. The van der Waals surface area contributed by atoms with Crippen molar-refractivity contribution in [3.05, 3.63) is 17.6 Å². The fourth-order valence-corrected chi connectivity index (χ4v) is 2.03. The van der Waals surface area contributed by atoms with Crippen LogP contribution in [-0.2, 0) is 6.42 Å². The number of hydrogen-bond acceptors (Lipinski definition) is 4. The molecule has 0 saturated carbocycles. The van der Waals surface area contributed by atoms with E-state index in [0.29, 0.717) is 5.92 Å². The second-order valence-electron chi connectivity index (χ2n) is 3.90. The highest BCUT2D eigenvalue weighted by Gasteiger charge is 2.11. The molecule has 88 valence electrons. The van der Waals surface area contributed by atoms with Crippen LogP contribution in [0.3, 0.4) is 0 Å². The smallest absolute Gasteiger partial charge is 0.268 e. The Balaban J connectivity index is 3.03. The molecule has 2 N–H and O–H groups in total. The number of primary amides is 1. The quantitative estimate of drug-likeness (QED) is 0.797. The van der Waals surface area contributed by atoms with Gasteiger partial charge in [0.25, 0.3) is 5.91 Å². The molecular formula is C11H17N3OS. The number of nitrogens with zero attached hydrogens (tertiary/aromatic N) is 2. The predicted octanol–water partition coefficient (Wildman–Crippen LogP) is 1.89. The number of thioether (sulfide) groups is 1. The highest BCUT2D eigenvalue weighted by atomic mass is 32.2. The lowest BCUT2D eigenvalue weighted by Crippen LogP contribution is -2.15. The SMILES string of the molecule is CCSc1nc(C(N)=O)cnc1CC(C)C. The van der Waals surface area contributed by atoms with Crippen molar-refractivity contribution >= 4 is 17.7 Å². The van der Waals surface area contributed by atoms with Gasteiger partial charge >= 0.3 is 0 Å². The number of carbonyl (C=O) groups excluding carboxylic acids is 1. The number of aromatic nitrogens is 2. The number of rotatable bonds is 5. The highest BCUT2D eigenvalue weighted by molar-refractivity contribution is 7.99. The van der Waals surface area contributed by atoms with E-state index in [4.69, 9.17) is 5.73 Å². The molecular weight excluding hydrogens is 222 g/mol. The van der Waals surface area contributed by atoms with Gasteiger partial charge in [-0.2, -0.15) is 0 Å². The number of hydrogen-bond donors (Lipinski definition) is 1. The molecule has 0 atom stereocenters. The van der Waals surface area contributed by atoms with Gasteiger partial charge in [-0.15, -0.1) is 11.8 Å². The van der Waals surface area contributed by atoms with Gasteiger partial charge in [0.2, 0.25) is 0 Å². The molecule has 1 rings (SSSR count). The molecule has 0 radical (unpaired) electrons. The van der Waals surface area contributed by atoms with Gasteiger partial charge < -0.3 is 5.73 Å². The molecule has 0 fully saturated rings. The van der Waals surface area contributed by atoms with E-state index in [9.17, 15) is 4.79 Å². The molecule has 0 aliphatic heterocycles. The molecule has 0 saturated heterocycles. The van der Waals surface area contributed by atoms with E-state index < -0.39 is 5.91 Å². The van der Waals surface area contributed by atoms with Crippen LogP contribution < -0.4 is 5.73 Å². The minimum Gasteiger partial charge on any atom is -0.364 e. The fourth-order valence-electron chi connectivity index (χ4n) is 1.29. The Morgan fingerprint density at radius 1 is 1.56 bits per heavy atom. The lowest BCUT2D eigenvalue weighted by molar-refractivity contribution is 0.0994. The molecule has 0 spiro atoms. The summed E-state index contributed by atoms with van der Waals surface area (Å²) in [6, 6.07) is 0. The van der Waals surface area contributed by atoms with Crippen LogP contribution in [0.15, 0.2) is 11.2 Å². The van der Waals surface area contributed by atoms with E-state index in [-0.39, 0.29) is 5.69 Å². The Hall–Kier alpha value is -1.10. The molecule has 4 nitrogen and oxygen atoms in total. The normalized spacial score (nSPS) is 10.8. The average molecular weight is 239 g/mol. The van der Waals surface area contributed by atoms with Crippen molar-refractivity contribution in [1.29, 1.82) is 0 Å². The maximum Gasteiger partial charge on any atom is 0.268 e. The summed E-state index contributed by atoms with van der Waals surface area (Å²) in [6.07, 6.45) is 2.33. The summed E-state index contributed by atoms with van der Waals surface area (Å²) in [5.74, 6) is 0.897. The first-order valence-electron chi connectivity index (χ1n) is 5.33. The largest absolute Gasteiger partial charge is 0.364 e. The predicted molar refractivity (Wildman–Crippen MR) is 65.5 cm³/mol. The Morgan fingerprint density at radius 3 is 2.75 bits per heavy atom. The van der Waals surface area contributed by atoms with Crippen molar-refractivity contribution < 1.29 is 4.79 Å². The molecule has 0 aliphatic carbocycles. The third-order valence-corrected chi connectivity index (χ3v) is 2.84. The lowest BCUT2D eigenvalue weighted by atomic mass is 10.1. The first kappa shape index (κ1) is 13.0. The summed E-state index contributed by atoms with van der Waals surface area (Å²) in [7, 11) is 0. The molecule has 1 aromatic rings. The second-order valence-corrected chi connectivity index (χ2v) is 5.16. The number of amides is 1. The summed E-state index contributed by atoms with van der Waals surface area (Å²) in [6.45, 7) is 6.30. The lowest BCUT2D eigenvalue weighted by Gasteiger charge is -2.09. The summed E-state index contributed by atoms with van der Waals surface area (Å²) < 4.78 is 0. The standard InChI is InChI=1S/C11H17N3OS/c1-4-16-11-8(5-7(2)3)13-6-9(14-11)10(12)15/h6-7H,4-5H2,1-3H3,(H2,12,15). The average Bonchev–Trinajstić information content (AvgIpc) is 2.20. The van der Waals surface area contributed by atoms with E-state index in [1.54, 1.807) is 11.8 Å². The number of carbonyl (C=O) groups is 1. The van der Waals surface area contributed by atoms with Crippen LogP contribution >= 0.6 is 11.8 Å². The van der Waals surface area contributed by atoms with E-state index in [0.717, 1.165) is 22.9 Å². The summed E-state index contributed by atoms with van der Waals surface area (Å²) >= 11 is 1.59. The molecule has 0 unspecified atom stereocenters. The maximum absolute atomic E-state index is 11.0. The minimum atomic E-state index is -0.526. The van der Waals surface area contributed by atoms with Crippen LogP contribution in [0.25, 0.3) is 0 Å².